The minimum atomic E-state index is -4.37. The number of carboxylic acid groups (broad SMARTS) is 1. The number of carboxylic acids is 1. The summed E-state index contributed by atoms with van der Waals surface area (Å²) in [5.74, 6) is -0.590. The van der Waals surface area contributed by atoms with E-state index in [1.54, 1.807) is 44.2 Å². The van der Waals surface area contributed by atoms with Gasteiger partial charge in [-0.05, 0) is 60.9 Å². The highest BCUT2D eigenvalue weighted by Crippen LogP contribution is 2.29. The fourth-order valence-corrected chi connectivity index (χ4v) is 2.46. The van der Waals surface area contributed by atoms with Crippen molar-refractivity contribution in [2.24, 2.45) is 0 Å². The van der Waals surface area contributed by atoms with Crippen LogP contribution in [0.25, 0.3) is 5.70 Å². The molecule has 0 amide bonds. The van der Waals surface area contributed by atoms with Gasteiger partial charge >= 0.3 is 12.1 Å². The fourth-order valence-electron chi connectivity index (χ4n) is 2.46. The Morgan fingerprint density at radius 1 is 1.14 bits per heavy atom. The number of hydroxylamine groups is 1. The highest BCUT2D eigenvalue weighted by molar-refractivity contribution is 5.72. The van der Waals surface area contributed by atoms with Crippen LogP contribution in [0, 0.1) is 0 Å². The Morgan fingerprint density at radius 2 is 1.76 bits per heavy atom. The molecule has 2 rings (SSSR count). The molecule has 0 aliphatic carbocycles. The largest absolute Gasteiger partial charge is 0.479 e. The molecular weight excluding hydrogens is 387 g/mol. The average Bonchev–Trinajstić information content (AvgIpc) is 2.69. The second kappa shape index (κ2) is 9.97. The van der Waals surface area contributed by atoms with Crippen LogP contribution in [-0.4, -0.2) is 17.2 Å². The zero-order valence-electron chi connectivity index (χ0n) is 16.0. The normalized spacial score (nSPS) is 13.1. The number of nitrogens with one attached hydrogen (secondary N) is 1. The highest BCUT2D eigenvalue weighted by Gasteiger charge is 2.29. The van der Waals surface area contributed by atoms with Crippen molar-refractivity contribution in [3.8, 4) is 5.75 Å². The van der Waals surface area contributed by atoms with E-state index in [4.69, 9.17) is 14.7 Å². The molecule has 0 saturated heterocycles. The third-order valence-corrected chi connectivity index (χ3v) is 4.08. The van der Waals surface area contributed by atoms with Crippen molar-refractivity contribution in [3.63, 3.8) is 0 Å². The van der Waals surface area contributed by atoms with E-state index in [0.717, 1.165) is 17.7 Å². The number of hydrogen-bond acceptors (Lipinski definition) is 4. The molecule has 1 atom stereocenters. The van der Waals surface area contributed by atoms with Crippen LogP contribution in [0.4, 0.5) is 13.2 Å². The lowest BCUT2D eigenvalue weighted by atomic mass is 10.1. The van der Waals surface area contributed by atoms with E-state index in [2.05, 4.69) is 5.48 Å². The Balaban J connectivity index is 1.92. The number of benzene rings is 2. The van der Waals surface area contributed by atoms with Gasteiger partial charge < -0.3 is 9.84 Å². The first-order chi connectivity index (χ1) is 13.7. The van der Waals surface area contributed by atoms with Gasteiger partial charge in [-0.15, -0.1) is 0 Å². The molecule has 0 heterocycles. The van der Waals surface area contributed by atoms with Gasteiger partial charge in [-0.1, -0.05) is 25.1 Å². The summed E-state index contributed by atoms with van der Waals surface area (Å²) in [5, 5.41) is 9.05. The van der Waals surface area contributed by atoms with E-state index in [9.17, 15) is 18.0 Å². The van der Waals surface area contributed by atoms with E-state index in [-0.39, 0.29) is 6.61 Å². The topological polar surface area (TPSA) is 67.8 Å². The smallest absolute Gasteiger partial charge is 0.416 e. The van der Waals surface area contributed by atoms with Crippen molar-refractivity contribution < 1.29 is 32.6 Å². The summed E-state index contributed by atoms with van der Waals surface area (Å²) in [6, 6.07) is 11.5. The lowest BCUT2D eigenvalue weighted by molar-refractivity contribution is -0.145. The summed E-state index contributed by atoms with van der Waals surface area (Å²) in [7, 11) is 0. The quantitative estimate of drug-likeness (QED) is 0.569. The minimum Gasteiger partial charge on any atom is -0.479 e. The predicted octanol–water partition coefficient (Wildman–Crippen LogP) is 5.03. The van der Waals surface area contributed by atoms with Crippen LogP contribution in [0.1, 0.15) is 37.0 Å². The standard InChI is InChI=1S/C21H22F3NO4/c1-3-18(15-7-11-17(12-8-15)29-19(4-2)20(26)27)25-28-13-14-5-9-16(10-6-14)21(22,23)24/h3,5-12,19,25H,4,13H2,1-2H3,(H,26,27). The SMILES string of the molecule is CC=C(NOCc1ccc(C(F)(F)F)cc1)c1ccc(OC(CC)C(=O)O)cc1. The molecule has 0 radical (unpaired) electrons. The summed E-state index contributed by atoms with van der Waals surface area (Å²) in [6.45, 7) is 3.60. The molecule has 0 aliphatic heterocycles. The Hall–Kier alpha value is -3.00. The molecule has 2 aromatic rings. The number of halogens is 3. The Morgan fingerprint density at radius 3 is 2.24 bits per heavy atom. The van der Waals surface area contributed by atoms with Gasteiger partial charge in [0.15, 0.2) is 6.10 Å². The van der Waals surface area contributed by atoms with Crippen molar-refractivity contribution in [2.75, 3.05) is 0 Å². The second-order valence-corrected chi connectivity index (χ2v) is 6.17. The molecule has 2 N–H and O–H groups in total. The molecule has 0 saturated carbocycles. The number of ether oxygens (including phenoxy) is 1. The van der Waals surface area contributed by atoms with Crippen LogP contribution in [0.5, 0.6) is 5.75 Å². The molecule has 1 unspecified atom stereocenters. The summed E-state index contributed by atoms with van der Waals surface area (Å²) in [5.41, 5.74) is 4.07. The number of rotatable bonds is 9. The van der Waals surface area contributed by atoms with Crippen LogP contribution in [-0.2, 0) is 22.4 Å². The summed E-state index contributed by atoms with van der Waals surface area (Å²) >= 11 is 0. The van der Waals surface area contributed by atoms with Gasteiger partial charge in [0.05, 0.1) is 17.9 Å². The van der Waals surface area contributed by atoms with Gasteiger partial charge in [-0.2, -0.15) is 13.2 Å². The minimum absolute atomic E-state index is 0.0768. The van der Waals surface area contributed by atoms with Gasteiger partial charge in [-0.25, -0.2) is 4.79 Å². The number of carbonyl (C=O) groups is 1. The molecule has 2 aromatic carbocycles. The number of aliphatic carboxylic acids is 1. The van der Waals surface area contributed by atoms with Gasteiger partial charge in [0, 0.05) is 0 Å². The Kier molecular flexibility index (Phi) is 7.67. The fraction of sp³-hybridized carbons (Fsp3) is 0.286. The monoisotopic (exact) mass is 409 g/mol. The van der Waals surface area contributed by atoms with Gasteiger partial charge in [0.25, 0.3) is 0 Å². The van der Waals surface area contributed by atoms with Crippen molar-refractivity contribution in [2.45, 2.75) is 39.2 Å². The molecule has 0 fully saturated rings. The van der Waals surface area contributed by atoms with E-state index in [1.807, 2.05) is 0 Å². The van der Waals surface area contributed by atoms with Gasteiger partial charge in [0.2, 0.25) is 0 Å². The van der Waals surface area contributed by atoms with Crippen LogP contribution in [0.2, 0.25) is 0 Å². The third kappa shape index (κ3) is 6.53. The summed E-state index contributed by atoms with van der Waals surface area (Å²) < 4.78 is 43.2. The first-order valence-electron chi connectivity index (χ1n) is 8.94. The zero-order valence-corrected chi connectivity index (χ0v) is 16.0. The van der Waals surface area contributed by atoms with E-state index in [0.29, 0.717) is 23.4 Å². The van der Waals surface area contributed by atoms with Crippen molar-refractivity contribution in [1.29, 1.82) is 0 Å². The molecule has 5 nitrogen and oxygen atoms in total. The van der Waals surface area contributed by atoms with Gasteiger partial charge in [0.1, 0.15) is 5.75 Å². The first-order valence-corrected chi connectivity index (χ1v) is 8.94. The Labute approximate surface area is 166 Å². The van der Waals surface area contributed by atoms with E-state index >= 15 is 0 Å². The molecular formula is C21H22F3NO4. The number of alkyl halides is 3. The molecule has 0 aliphatic rings. The first kappa shape index (κ1) is 22.3. The third-order valence-electron chi connectivity index (χ3n) is 4.08. The van der Waals surface area contributed by atoms with E-state index < -0.39 is 23.8 Å². The Bertz CT molecular complexity index is 830. The second-order valence-electron chi connectivity index (χ2n) is 6.17. The van der Waals surface area contributed by atoms with Crippen LogP contribution >= 0.6 is 0 Å². The predicted molar refractivity (Wildman–Crippen MR) is 102 cm³/mol. The number of allylic oxidation sites excluding steroid dienone is 1. The molecule has 0 bridgehead atoms. The summed E-state index contributed by atoms with van der Waals surface area (Å²) in [6.07, 6.45) is -3.16. The maximum Gasteiger partial charge on any atom is 0.416 e. The van der Waals surface area contributed by atoms with Crippen molar-refractivity contribution >= 4 is 11.7 Å². The molecule has 0 spiro atoms. The van der Waals surface area contributed by atoms with Crippen LogP contribution < -0.4 is 10.2 Å². The maximum atomic E-state index is 12.6. The van der Waals surface area contributed by atoms with Crippen LogP contribution in [0.15, 0.2) is 54.6 Å². The van der Waals surface area contributed by atoms with Crippen molar-refractivity contribution in [1.82, 2.24) is 5.48 Å². The van der Waals surface area contributed by atoms with Crippen molar-refractivity contribution in [3.05, 3.63) is 71.3 Å². The maximum absolute atomic E-state index is 12.6. The number of hydrogen-bond donors (Lipinski definition) is 2. The molecule has 8 heteroatoms. The lowest BCUT2D eigenvalue weighted by Gasteiger charge is -2.15. The molecule has 29 heavy (non-hydrogen) atoms. The molecule has 156 valence electrons. The zero-order chi connectivity index (χ0) is 21.4. The van der Waals surface area contributed by atoms with E-state index in [1.165, 1.54) is 12.1 Å². The van der Waals surface area contributed by atoms with Crippen LogP contribution in [0.3, 0.4) is 0 Å². The molecule has 0 aromatic heterocycles. The van der Waals surface area contributed by atoms with Gasteiger partial charge in [-0.3, -0.25) is 10.3 Å². The summed E-state index contributed by atoms with van der Waals surface area (Å²) in [4.78, 5) is 16.4. The average molecular weight is 409 g/mol. The lowest BCUT2D eigenvalue weighted by Crippen LogP contribution is -2.25. The highest BCUT2D eigenvalue weighted by atomic mass is 19.4.